The molecule has 0 spiro atoms. The van der Waals surface area contributed by atoms with E-state index < -0.39 is 4.92 Å². The van der Waals surface area contributed by atoms with E-state index in [1.54, 1.807) is 18.2 Å². The van der Waals surface area contributed by atoms with E-state index in [-0.39, 0.29) is 16.5 Å². The van der Waals surface area contributed by atoms with Crippen LogP contribution >= 0.6 is 11.6 Å². The molecular formula is C17H14ClFN4O2. The van der Waals surface area contributed by atoms with E-state index in [1.165, 1.54) is 24.5 Å². The van der Waals surface area contributed by atoms with E-state index in [2.05, 4.69) is 15.3 Å². The highest BCUT2D eigenvalue weighted by atomic mass is 35.5. The van der Waals surface area contributed by atoms with Crippen LogP contribution in [-0.2, 0) is 6.42 Å². The molecule has 25 heavy (non-hydrogen) atoms. The Kier molecular flexibility index (Phi) is 5.04. The normalized spacial score (nSPS) is 10.8. The number of nitro benzene ring substituents is 1. The van der Waals surface area contributed by atoms with Gasteiger partial charge in [-0.2, -0.15) is 0 Å². The number of hydrogen-bond donors (Lipinski definition) is 1. The molecule has 8 heteroatoms. The van der Waals surface area contributed by atoms with Gasteiger partial charge >= 0.3 is 0 Å². The summed E-state index contributed by atoms with van der Waals surface area (Å²) in [5.74, 6) is 0.263. The highest BCUT2D eigenvalue weighted by Crippen LogP contribution is 2.31. The third-order valence-corrected chi connectivity index (χ3v) is 4.08. The van der Waals surface area contributed by atoms with E-state index in [0.717, 1.165) is 0 Å². The fourth-order valence-electron chi connectivity index (χ4n) is 2.53. The summed E-state index contributed by atoms with van der Waals surface area (Å²) in [5.41, 5.74) is 0.972. The van der Waals surface area contributed by atoms with Gasteiger partial charge in [0.05, 0.1) is 10.4 Å². The van der Waals surface area contributed by atoms with Gasteiger partial charge < -0.3 is 5.32 Å². The van der Waals surface area contributed by atoms with Crippen molar-refractivity contribution >= 4 is 34.0 Å². The van der Waals surface area contributed by atoms with Crippen LogP contribution in [-0.4, -0.2) is 21.4 Å². The number of fused-ring (bicyclic) bond motifs is 1. The molecule has 0 saturated heterocycles. The fraction of sp³-hybridized carbons (Fsp3) is 0.176. The van der Waals surface area contributed by atoms with E-state index in [0.29, 0.717) is 41.7 Å². The van der Waals surface area contributed by atoms with Crippen molar-refractivity contribution in [3.05, 3.63) is 69.2 Å². The van der Waals surface area contributed by atoms with Crippen molar-refractivity contribution < 1.29 is 9.31 Å². The zero-order chi connectivity index (χ0) is 17.8. The number of anilines is 1. The van der Waals surface area contributed by atoms with E-state index in [4.69, 9.17) is 11.6 Å². The number of rotatable bonds is 6. The van der Waals surface area contributed by atoms with Crippen LogP contribution in [0.5, 0.6) is 0 Å². The summed E-state index contributed by atoms with van der Waals surface area (Å²) in [4.78, 5) is 18.7. The molecule has 1 aromatic heterocycles. The second-order valence-electron chi connectivity index (χ2n) is 5.42. The van der Waals surface area contributed by atoms with Gasteiger partial charge in [0.2, 0.25) is 0 Å². The zero-order valence-electron chi connectivity index (χ0n) is 13.1. The lowest BCUT2D eigenvalue weighted by Crippen LogP contribution is -2.06. The van der Waals surface area contributed by atoms with Crippen molar-refractivity contribution in [2.75, 3.05) is 11.9 Å². The molecule has 128 valence electrons. The van der Waals surface area contributed by atoms with Crippen LogP contribution in [0.25, 0.3) is 10.9 Å². The minimum absolute atomic E-state index is 0.0294. The molecule has 0 fully saturated rings. The van der Waals surface area contributed by atoms with Crippen LogP contribution in [0.1, 0.15) is 12.0 Å². The molecule has 3 rings (SSSR count). The Morgan fingerprint density at radius 3 is 2.80 bits per heavy atom. The van der Waals surface area contributed by atoms with Crippen molar-refractivity contribution in [2.45, 2.75) is 12.8 Å². The number of aryl methyl sites for hydroxylation is 1. The Morgan fingerprint density at radius 1 is 1.24 bits per heavy atom. The first-order valence-corrected chi connectivity index (χ1v) is 8.00. The van der Waals surface area contributed by atoms with Gasteiger partial charge in [0.1, 0.15) is 23.0 Å². The van der Waals surface area contributed by atoms with E-state index in [9.17, 15) is 14.5 Å². The largest absolute Gasteiger partial charge is 0.369 e. The molecule has 2 aromatic carbocycles. The molecule has 0 aliphatic heterocycles. The molecule has 0 saturated carbocycles. The Hall–Kier alpha value is -2.80. The molecule has 1 heterocycles. The standard InChI is InChI=1S/C17H14ClFN4O2/c18-13-9-15-12(8-16(13)23(24)25)17(22-10-21-15)20-7-3-5-11-4-1-2-6-14(11)19/h1-2,4,6,8-10H,3,5,7H2,(H,20,21,22). The lowest BCUT2D eigenvalue weighted by atomic mass is 10.1. The molecule has 0 aliphatic carbocycles. The average molecular weight is 361 g/mol. The Bertz CT molecular complexity index is 936. The monoisotopic (exact) mass is 360 g/mol. The van der Waals surface area contributed by atoms with Gasteiger partial charge in [-0.3, -0.25) is 10.1 Å². The third kappa shape index (κ3) is 3.83. The molecule has 6 nitrogen and oxygen atoms in total. The second kappa shape index (κ2) is 7.40. The number of halogens is 2. The molecule has 0 unspecified atom stereocenters. The van der Waals surface area contributed by atoms with Gasteiger partial charge in [0.25, 0.3) is 5.69 Å². The number of nitrogens with one attached hydrogen (secondary N) is 1. The quantitative estimate of drug-likeness (QED) is 0.401. The topological polar surface area (TPSA) is 81.0 Å². The number of nitro groups is 1. The molecule has 0 amide bonds. The van der Waals surface area contributed by atoms with E-state index >= 15 is 0 Å². The summed E-state index contributed by atoms with van der Waals surface area (Å²) in [6.45, 7) is 0.539. The highest BCUT2D eigenvalue weighted by Gasteiger charge is 2.16. The third-order valence-electron chi connectivity index (χ3n) is 3.77. The summed E-state index contributed by atoms with van der Waals surface area (Å²) in [6.07, 6.45) is 2.63. The van der Waals surface area contributed by atoms with Gasteiger partial charge in [-0.1, -0.05) is 29.8 Å². The van der Waals surface area contributed by atoms with E-state index in [1.807, 2.05) is 0 Å². The predicted octanol–water partition coefficient (Wildman–Crippen LogP) is 4.38. The molecule has 0 radical (unpaired) electrons. The fourth-order valence-corrected chi connectivity index (χ4v) is 2.76. The van der Waals surface area contributed by atoms with Crippen LogP contribution in [0, 0.1) is 15.9 Å². The maximum absolute atomic E-state index is 13.6. The first kappa shape index (κ1) is 17.0. The zero-order valence-corrected chi connectivity index (χ0v) is 13.8. The molecule has 0 aliphatic rings. The Balaban J connectivity index is 1.74. The smallest absolute Gasteiger partial charge is 0.288 e. The Labute approximate surface area is 147 Å². The number of benzene rings is 2. The van der Waals surface area contributed by atoms with Crippen LogP contribution in [0.2, 0.25) is 5.02 Å². The highest BCUT2D eigenvalue weighted by molar-refractivity contribution is 6.33. The van der Waals surface area contributed by atoms with Crippen LogP contribution < -0.4 is 5.32 Å². The first-order chi connectivity index (χ1) is 12.1. The maximum atomic E-state index is 13.6. The molecule has 3 aromatic rings. The van der Waals surface area contributed by atoms with Crippen LogP contribution in [0.15, 0.2) is 42.7 Å². The second-order valence-corrected chi connectivity index (χ2v) is 5.83. The minimum atomic E-state index is -0.545. The van der Waals surface area contributed by atoms with Crippen molar-refractivity contribution in [3.63, 3.8) is 0 Å². The Morgan fingerprint density at radius 2 is 2.04 bits per heavy atom. The first-order valence-electron chi connectivity index (χ1n) is 7.62. The van der Waals surface area contributed by atoms with Gasteiger partial charge in [-0.25, -0.2) is 14.4 Å². The van der Waals surface area contributed by atoms with Crippen LogP contribution in [0.4, 0.5) is 15.9 Å². The number of aromatic nitrogens is 2. The molecular weight excluding hydrogens is 347 g/mol. The van der Waals surface area contributed by atoms with Gasteiger partial charge in [-0.15, -0.1) is 0 Å². The lowest BCUT2D eigenvalue weighted by Gasteiger charge is -2.09. The SMILES string of the molecule is O=[N+]([O-])c1cc2c(NCCCc3ccccc3F)ncnc2cc1Cl. The minimum Gasteiger partial charge on any atom is -0.369 e. The van der Waals surface area contributed by atoms with Crippen molar-refractivity contribution in [3.8, 4) is 0 Å². The number of hydrogen-bond acceptors (Lipinski definition) is 5. The molecule has 0 atom stereocenters. The average Bonchev–Trinajstić information content (AvgIpc) is 2.59. The number of nitrogens with zero attached hydrogens (tertiary/aromatic N) is 3. The van der Waals surface area contributed by atoms with Gasteiger partial charge in [0.15, 0.2) is 0 Å². The summed E-state index contributed by atoms with van der Waals surface area (Å²) in [7, 11) is 0. The van der Waals surface area contributed by atoms with Crippen LogP contribution in [0.3, 0.4) is 0 Å². The van der Waals surface area contributed by atoms with Gasteiger partial charge in [-0.05, 0) is 30.5 Å². The maximum Gasteiger partial charge on any atom is 0.288 e. The van der Waals surface area contributed by atoms with Crippen molar-refractivity contribution in [2.24, 2.45) is 0 Å². The molecule has 0 bridgehead atoms. The summed E-state index contributed by atoms with van der Waals surface area (Å²) < 4.78 is 13.6. The summed E-state index contributed by atoms with van der Waals surface area (Å²) in [6, 6.07) is 9.44. The van der Waals surface area contributed by atoms with Gasteiger partial charge in [0, 0.05) is 18.0 Å². The van der Waals surface area contributed by atoms with Crippen molar-refractivity contribution in [1.82, 2.24) is 9.97 Å². The summed E-state index contributed by atoms with van der Waals surface area (Å²) in [5, 5.41) is 14.7. The van der Waals surface area contributed by atoms with Crippen molar-refractivity contribution in [1.29, 1.82) is 0 Å². The summed E-state index contributed by atoms with van der Waals surface area (Å²) >= 11 is 5.90. The lowest BCUT2D eigenvalue weighted by molar-refractivity contribution is -0.384. The molecule has 1 N–H and O–H groups in total. The predicted molar refractivity (Wildman–Crippen MR) is 94.4 cm³/mol.